The summed E-state index contributed by atoms with van der Waals surface area (Å²) in [4.78, 5) is 10.7. The third-order valence-electron chi connectivity index (χ3n) is 13.0. The summed E-state index contributed by atoms with van der Waals surface area (Å²) in [6, 6.07) is 49.8. The first kappa shape index (κ1) is 49.3. The molecule has 4 nitrogen and oxygen atoms in total. The fraction of sp³-hybridized carbons (Fsp3) is 0.323. The molecular formula is C62H68N3OPt-. The summed E-state index contributed by atoms with van der Waals surface area (Å²) in [6.07, 6.45) is 1.90. The first-order chi connectivity index (χ1) is 30.8. The van der Waals surface area contributed by atoms with Crippen LogP contribution in [-0.2, 0) is 48.1 Å². The molecule has 2 heterocycles. The van der Waals surface area contributed by atoms with Gasteiger partial charge in [-0.1, -0.05) is 206 Å². The van der Waals surface area contributed by atoms with Crippen molar-refractivity contribution >= 4 is 11.0 Å². The van der Waals surface area contributed by atoms with Gasteiger partial charge in [-0.15, -0.1) is 29.3 Å². The van der Waals surface area contributed by atoms with Crippen LogP contribution in [0, 0.1) is 6.07 Å². The molecular weight excluding hydrogens is 998 g/mol. The van der Waals surface area contributed by atoms with Gasteiger partial charge in [0.2, 0.25) is 0 Å². The van der Waals surface area contributed by atoms with Crippen LogP contribution in [0.3, 0.4) is 0 Å². The largest absolute Gasteiger partial charge is 0.507 e. The van der Waals surface area contributed by atoms with Gasteiger partial charge < -0.3 is 5.11 Å². The Morgan fingerprint density at radius 2 is 1.06 bits per heavy atom. The minimum atomic E-state index is -0.335. The van der Waals surface area contributed by atoms with Gasteiger partial charge in [-0.2, -0.15) is 0 Å². The van der Waals surface area contributed by atoms with Crippen LogP contribution >= 0.6 is 0 Å². The molecule has 0 saturated heterocycles. The summed E-state index contributed by atoms with van der Waals surface area (Å²) in [5, 5.41) is 12.7. The van der Waals surface area contributed by atoms with Crippen LogP contribution < -0.4 is 0 Å². The van der Waals surface area contributed by atoms with E-state index in [9.17, 15) is 5.11 Å². The number of rotatable bonds is 6. The molecule has 0 spiro atoms. The summed E-state index contributed by atoms with van der Waals surface area (Å²) in [5.41, 5.74) is 16.5. The molecule has 6 aromatic carbocycles. The van der Waals surface area contributed by atoms with Gasteiger partial charge in [-0.25, -0.2) is 4.98 Å². The third-order valence-corrected chi connectivity index (χ3v) is 13.0. The number of aromatic nitrogens is 3. The predicted molar refractivity (Wildman–Crippen MR) is 280 cm³/mol. The number of hydrogen-bond donors (Lipinski definition) is 1. The van der Waals surface area contributed by atoms with Crippen molar-refractivity contribution in [2.75, 3.05) is 0 Å². The Labute approximate surface area is 415 Å². The van der Waals surface area contributed by atoms with Crippen molar-refractivity contribution in [3.63, 3.8) is 0 Å². The molecule has 0 fully saturated rings. The van der Waals surface area contributed by atoms with Crippen molar-refractivity contribution in [1.82, 2.24) is 14.5 Å². The normalized spacial score (nSPS) is 12.6. The van der Waals surface area contributed by atoms with E-state index in [1.807, 2.05) is 12.3 Å². The summed E-state index contributed by atoms with van der Waals surface area (Å²) in [6.45, 7) is 33.6. The molecule has 0 aliphatic heterocycles. The van der Waals surface area contributed by atoms with Crippen molar-refractivity contribution in [2.45, 2.75) is 131 Å². The fourth-order valence-corrected chi connectivity index (χ4v) is 8.80. The molecule has 2 aromatic heterocycles. The van der Waals surface area contributed by atoms with E-state index >= 15 is 0 Å². The van der Waals surface area contributed by atoms with E-state index in [4.69, 9.17) is 9.97 Å². The second-order valence-electron chi connectivity index (χ2n) is 23.4. The maximum absolute atomic E-state index is 12.7. The zero-order valence-electron chi connectivity index (χ0n) is 42.3. The van der Waals surface area contributed by atoms with Crippen LogP contribution in [0.25, 0.3) is 72.7 Å². The van der Waals surface area contributed by atoms with Gasteiger partial charge in [0.1, 0.15) is 11.6 Å². The molecule has 0 aliphatic rings. The van der Waals surface area contributed by atoms with E-state index < -0.39 is 0 Å². The number of imidazole rings is 1. The molecule has 8 aromatic rings. The Morgan fingerprint density at radius 1 is 0.463 bits per heavy atom. The fourth-order valence-electron chi connectivity index (χ4n) is 8.80. The minimum absolute atomic E-state index is 0. The first-order valence-electron chi connectivity index (χ1n) is 23.5. The number of aromatic hydroxyl groups is 1. The van der Waals surface area contributed by atoms with Crippen LogP contribution in [0.5, 0.6) is 5.75 Å². The van der Waals surface area contributed by atoms with Crippen LogP contribution in [0.2, 0.25) is 0 Å². The summed E-state index contributed by atoms with van der Waals surface area (Å²) in [5.74, 6) is 0.944. The Balaban J connectivity index is 0.00000666. The smallest absolute Gasteiger partial charge is 0.148 e. The Morgan fingerprint density at radius 3 is 1.67 bits per heavy atom. The average Bonchev–Trinajstić information content (AvgIpc) is 3.64. The van der Waals surface area contributed by atoms with E-state index in [-0.39, 0.29) is 53.9 Å². The van der Waals surface area contributed by atoms with Crippen LogP contribution in [0.4, 0.5) is 0 Å². The number of para-hydroxylation sites is 1. The van der Waals surface area contributed by atoms with E-state index in [1.54, 1.807) is 0 Å². The SMILES string of the molecule is CC(C)(C)c1ccc(-c2ccc(C(C)(C)C)cc2-n2c(-c3cc(C(C)(C)C)cc(C(C)(C)C)c3O)nc3c(-c4[c-]c(-c5cc(-c6ccccc6)ccn5)cc(C(C)(C)C)c4)cccc32)cc1.[Pt]. The topological polar surface area (TPSA) is 50.9 Å². The van der Waals surface area contributed by atoms with Gasteiger partial charge in [0, 0.05) is 44.1 Å². The van der Waals surface area contributed by atoms with E-state index in [0.717, 1.165) is 72.5 Å². The number of pyridine rings is 1. The van der Waals surface area contributed by atoms with Gasteiger partial charge in [-0.3, -0.25) is 9.55 Å². The second kappa shape index (κ2) is 17.8. The number of hydrogen-bond acceptors (Lipinski definition) is 3. The van der Waals surface area contributed by atoms with Crippen molar-refractivity contribution < 1.29 is 26.2 Å². The van der Waals surface area contributed by atoms with Crippen LogP contribution in [0.15, 0.2) is 134 Å². The number of nitrogens with zero attached hydrogens (tertiary/aromatic N) is 3. The first-order valence-corrected chi connectivity index (χ1v) is 23.5. The molecule has 0 unspecified atom stereocenters. The molecule has 0 radical (unpaired) electrons. The molecule has 0 aliphatic carbocycles. The molecule has 5 heteroatoms. The number of benzene rings is 6. The van der Waals surface area contributed by atoms with Crippen molar-refractivity contribution in [3.8, 4) is 67.5 Å². The molecule has 8 rings (SSSR count). The van der Waals surface area contributed by atoms with E-state index in [0.29, 0.717) is 11.4 Å². The average molecular weight is 1070 g/mol. The van der Waals surface area contributed by atoms with Crippen LogP contribution in [0.1, 0.15) is 132 Å². The Hall–Kier alpha value is -5.57. The third kappa shape index (κ3) is 10.0. The van der Waals surface area contributed by atoms with Crippen molar-refractivity contribution in [1.29, 1.82) is 0 Å². The van der Waals surface area contributed by atoms with E-state index in [1.165, 1.54) is 16.7 Å². The molecule has 0 saturated carbocycles. The molecule has 348 valence electrons. The zero-order valence-corrected chi connectivity index (χ0v) is 44.6. The van der Waals surface area contributed by atoms with E-state index in [2.05, 4.69) is 236 Å². The van der Waals surface area contributed by atoms with Gasteiger partial charge >= 0.3 is 0 Å². The second-order valence-corrected chi connectivity index (χ2v) is 23.4. The number of phenolic OH excluding ortho intramolecular Hbond substituents is 1. The molecule has 0 atom stereocenters. The van der Waals surface area contributed by atoms with Crippen molar-refractivity contribution in [2.24, 2.45) is 0 Å². The van der Waals surface area contributed by atoms with Gasteiger partial charge in [0.05, 0.1) is 22.3 Å². The maximum Gasteiger partial charge on any atom is 0.148 e. The standard InChI is InChI=1S/C62H68N3O.Pt/c1-58(2,3)44-26-24-40(25-27-44)48-29-28-45(59(4,5)6)38-54(48)65-53-23-19-22-49(55(53)64-57(65)50-36-47(61(10,11)12)37-51(56(50)66)62(13,14)15)42-32-43(34-46(33-42)60(7,8)9)52-35-41(30-31-63-52)39-20-17-16-18-21-39;/h16-31,33-38,66H,1-15H3;/q-1;. The van der Waals surface area contributed by atoms with Gasteiger partial charge in [0.15, 0.2) is 0 Å². The Bertz CT molecular complexity index is 3080. The van der Waals surface area contributed by atoms with Crippen LogP contribution in [-0.4, -0.2) is 19.6 Å². The van der Waals surface area contributed by atoms with Gasteiger partial charge in [0.25, 0.3) is 0 Å². The molecule has 0 bridgehead atoms. The van der Waals surface area contributed by atoms with Gasteiger partial charge in [-0.05, 0) is 84.7 Å². The van der Waals surface area contributed by atoms with Crippen molar-refractivity contribution in [3.05, 3.63) is 167 Å². The maximum atomic E-state index is 12.7. The molecule has 0 amide bonds. The zero-order chi connectivity index (χ0) is 47.7. The quantitative estimate of drug-likeness (QED) is 0.169. The molecule has 1 N–H and O–H groups in total. The summed E-state index contributed by atoms with van der Waals surface area (Å²) < 4.78 is 2.31. The monoisotopic (exact) mass is 1070 g/mol. The minimum Gasteiger partial charge on any atom is -0.507 e. The molecule has 67 heavy (non-hydrogen) atoms. The Kier molecular flexibility index (Phi) is 13.1. The summed E-state index contributed by atoms with van der Waals surface area (Å²) in [7, 11) is 0. The predicted octanol–water partition coefficient (Wildman–Crippen LogP) is 16.7. The summed E-state index contributed by atoms with van der Waals surface area (Å²) >= 11 is 0. The number of fused-ring (bicyclic) bond motifs is 1. The number of phenols is 1.